The van der Waals surface area contributed by atoms with Crippen molar-refractivity contribution in [2.75, 3.05) is 19.5 Å². The van der Waals surface area contributed by atoms with E-state index in [1.165, 1.54) is 24.3 Å². The van der Waals surface area contributed by atoms with Gasteiger partial charge in [0.25, 0.3) is 0 Å². The predicted octanol–water partition coefficient (Wildman–Crippen LogP) is -1.28. The van der Waals surface area contributed by atoms with Gasteiger partial charge in [-0.05, 0) is 0 Å². The van der Waals surface area contributed by atoms with Crippen LogP contribution in [0.4, 0.5) is 5.82 Å². The first-order valence-corrected chi connectivity index (χ1v) is 8.51. The van der Waals surface area contributed by atoms with Gasteiger partial charge in [-0.3, -0.25) is 9.09 Å². The quantitative estimate of drug-likeness (QED) is 0.266. The number of nitrogens with two attached hydrogens (primary N) is 1. The number of aliphatic hydroxyl groups excluding tert-OH is 1. The van der Waals surface area contributed by atoms with E-state index in [-0.39, 0.29) is 5.82 Å². The number of imidazole rings is 1. The molecule has 3 heterocycles. The van der Waals surface area contributed by atoms with Crippen LogP contribution < -0.4 is 5.73 Å². The highest BCUT2D eigenvalue weighted by Crippen LogP contribution is 2.39. The molecule has 0 aromatic carbocycles. The van der Waals surface area contributed by atoms with Crippen molar-refractivity contribution in [1.29, 1.82) is 0 Å². The van der Waals surface area contributed by atoms with Crippen molar-refractivity contribution >= 4 is 24.8 Å². The van der Waals surface area contributed by atoms with Gasteiger partial charge < -0.3 is 25.4 Å². The fourth-order valence-corrected chi connectivity index (χ4v) is 2.86. The molecule has 4 atom stereocenters. The van der Waals surface area contributed by atoms with E-state index in [0.29, 0.717) is 11.2 Å². The third-order valence-electron chi connectivity index (χ3n) is 3.59. The van der Waals surface area contributed by atoms with Gasteiger partial charge in [-0.25, -0.2) is 29.3 Å². The van der Waals surface area contributed by atoms with Crippen molar-refractivity contribution in [3.8, 4) is 0 Å². The molecule has 0 amide bonds. The van der Waals surface area contributed by atoms with E-state index in [9.17, 15) is 9.67 Å². The zero-order valence-corrected chi connectivity index (χ0v) is 13.8. The minimum atomic E-state index is -4.72. The van der Waals surface area contributed by atoms with E-state index in [0.717, 1.165) is 0 Å². The summed E-state index contributed by atoms with van der Waals surface area (Å²) in [7, 11) is -3.48. The summed E-state index contributed by atoms with van der Waals surface area (Å²) in [5, 5.41) is 10.3. The molecule has 13 nitrogen and oxygen atoms in total. The smallest absolute Gasteiger partial charge is 0.387 e. The Morgan fingerprint density at radius 2 is 2.16 bits per heavy atom. The van der Waals surface area contributed by atoms with E-state index in [1.807, 2.05) is 0 Å². The Morgan fingerprint density at radius 3 is 2.84 bits per heavy atom. The molecule has 14 heteroatoms. The average Bonchev–Trinajstić information content (AvgIpc) is 3.09. The number of phosphoric ester groups is 1. The lowest BCUT2D eigenvalue weighted by Crippen LogP contribution is -2.35. The van der Waals surface area contributed by atoms with Crippen LogP contribution in [0.15, 0.2) is 12.7 Å². The van der Waals surface area contributed by atoms with Gasteiger partial charge >= 0.3 is 7.82 Å². The molecule has 1 saturated heterocycles. The van der Waals surface area contributed by atoms with Gasteiger partial charge in [0, 0.05) is 0 Å². The molecule has 2 aromatic rings. The molecular formula is C11H16N5O8P. The first-order chi connectivity index (χ1) is 11.8. The molecule has 2 aromatic heterocycles. The number of hydrogen-bond acceptors (Lipinski definition) is 10. The molecule has 3 rings (SSSR count). The lowest BCUT2D eigenvalue weighted by Gasteiger charge is -2.19. The SMILES string of the molecule is COOC1C(O)[C@@H](COP(=O)(O)O)O[C@H]1n1cnc2c(N)ncnc21. The summed E-state index contributed by atoms with van der Waals surface area (Å²) in [6.07, 6.45) is -1.78. The van der Waals surface area contributed by atoms with E-state index in [1.54, 1.807) is 0 Å². The number of rotatable bonds is 6. The van der Waals surface area contributed by atoms with Crippen molar-refractivity contribution in [1.82, 2.24) is 19.5 Å². The van der Waals surface area contributed by atoms with E-state index >= 15 is 0 Å². The summed E-state index contributed by atoms with van der Waals surface area (Å²) >= 11 is 0. The third-order valence-corrected chi connectivity index (χ3v) is 4.07. The van der Waals surface area contributed by atoms with E-state index in [4.69, 9.17) is 25.1 Å². The Morgan fingerprint density at radius 1 is 1.40 bits per heavy atom. The van der Waals surface area contributed by atoms with Gasteiger partial charge in [-0.1, -0.05) is 0 Å². The summed E-state index contributed by atoms with van der Waals surface area (Å²) in [5.74, 6) is 0.160. The number of hydrogen-bond donors (Lipinski definition) is 4. The number of nitrogen functional groups attached to an aromatic ring is 1. The second-order valence-electron chi connectivity index (χ2n) is 5.15. The molecule has 0 radical (unpaired) electrons. The van der Waals surface area contributed by atoms with Crippen LogP contribution in [0.1, 0.15) is 6.23 Å². The molecule has 0 saturated carbocycles. The summed E-state index contributed by atoms with van der Waals surface area (Å²) in [6.45, 7) is -0.560. The van der Waals surface area contributed by atoms with Crippen molar-refractivity contribution in [3.05, 3.63) is 12.7 Å². The molecule has 138 valence electrons. The second kappa shape index (κ2) is 6.90. The lowest BCUT2D eigenvalue weighted by molar-refractivity contribution is -0.327. The monoisotopic (exact) mass is 377 g/mol. The van der Waals surface area contributed by atoms with Gasteiger partial charge in [0.15, 0.2) is 23.8 Å². The second-order valence-corrected chi connectivity index (χ2v) is 6.39. The summed E-state index contributed by atoms with van der Waals surface area (Å²) < 4.78 is 22.3. The molecule has 5 N–H and O–H groups in total. The average molecular weight is 377 g/mol. The number of phosphoric acid groups is 1. The maximum Gasteiger partial charge on any atom is 0.469 e. The van der Waals surface area contributed by atoms with Crippen LogP contribution in [0, 0.1) is 0 Å². The molecule has 1 fully saturated rings. The first kappa shape index (κ1) is 18.1. The standard InChI is InChI=1S/C11H16N5O8P/c1-21-24-8-7(17)5(2-22-25(18,19)20)23-11(8)16-4-15-6-9(12)13-3-14-10(6)16/h3-5,7-8,11,17H,2H2,1H3,(H2,12,13,14)(H2,18,19,20)/t5-,7?,8?,11-/m1/s1. The van der Waals surface area contributed by atoms with Crippen LogP contribution in [0.2, 0.25) is 0 Å². The summed E-state index contributed by atoms with van der Waals surface area (Å²) in [5.41, 5.74) is 6.38. The molecule has 0 aliphatic carbocycles. The van der Waals surface area contributed by atoms with E-state index in [2.05, 4.69) is 24.4 Å². The maximum absolute atomic E-state index is 10.9. The molecule has 0 bridgehead atoms. The van der Waals surface area contributed by atoms with Crippen molar-refractivity contribution in [2.24, 2.45) is 0 Å². The molecule has 1 aliphatic rings. The van der Waals surface area contributed by atoms with Crippen LogP contribution >= 0.6 is 7.82 Å². The Bertz CT molecular complexity index is 796. The third kappa shape index (κ3) is 3.63. The van der Waals surface area contributed by atoms with E-state index < -0.39 is 39.0 Å². The number of fused-ring (bicyclic) bond motifs is 1. The summed E-state index contributed by atoms with van der Waals surface area (Å²) in [4.78, 5) is 39.3. The number of ether oxygens (including phenoxy) is 1. The minimum absolute atomic E-state index is 0.160. The molecule has 1 aliphatic heterocycles. The fourth-order valence-electron chi connectivity index (χ4n) is 2.52. The Labute approximate surface area is 140 Å². The number of aliphatic hydroxyl groups is 1. The molecule has 2 unspecified atom stereocenters. The van der Waals surface area contributed by atoms with Crippen molar-refractivity contribution < 1.29 is 38.5 Å². The van der Waals surface area contributed by atoms with Crippen LogP contribution in [-0.2, 0) is 23.6 Å². The number of aromatic nitrogens is 4. The van der Waals surface area contributed by atoms with Gasteiger partial charge in [-0.2, -0.15) is 0 Å². The van der Waals surface area contributed by atoms with Gasteiger partial charge in [0.05, 0.1) is 20.0 Å². The highest BCUT2D eigenvalue weighted by atomic mass is 31.2. The molecule has 25 heavy (non-hydrogen) atoms. The van der Waals surface area contributed by atoms with Gasteiger partial charge in [-0.15, -0.1) is 0 Å². The zero-order valence-electron chi connectivity index (χ0n) is 12.9. The van der Waals surface area contributed by atoms with Crippen LogP contribution in [0.25, 0.3) is 11.2 Å². The Kier molecular flexibility index (Phi) is 4.99. The lowest BCUT2D eigenvalue weighted by atomic mass is 10.1. The highest BCUT2D eigenvalue weighted by molar-refractivity contribution is 7.46. The zero-order chi connectivity index (χ0) is 18.2. The Hall–Kier alpha value is -1.70. The summed E-state index contributed by atoms with van der Waals surface area (Å²) in [6, 6.07) is 0. The van der Waals surface area contributed by atoms with Crippen molar-refractivity contribution in [2.45, 2.75) is 24.5 Å². The Balaban J connectivity index is 1.90. The van der Waals surface area contributed by atoms with Crippen LogP contribution in [0.5, 0.6) is 0 Å². The van der Waals surface area contributed by atoms with Crippen LogP contribution in [0.3, 0.4) is 0 Å². The number of nitrogens with zero attached hydrogens (tertiary/aromatic N) is 4. The predicted molar refractivity (Wildman–Crippen MR) is 79.5 cm³/mol. The fraction of sp³-hybridized carbons (Fsp3) is 0.545. The number of anilines is 1. The first-order valence-electron chi connectivity index (χ1n) is 6.98. The minimum Gasteiger partial charge on any atom is -0.387 e. The van der Waals surface area contributed by atoms with Gasteiger partial charge in [0.2, 0.25) is 0 Å². The normalized spacial score (nSPS) is 27.2. The largest absolute Gasteiger partial charge is 0.469 e. The highest BCUT2D eigenvalue weighted by Gasteiger charge is 2.47. The van der Waals surface area contributed by atoms with Crippen LogP contribution in [-0.4, -0.2) is 66.4 Å². The molecular weight excluding hydrogens is 361 g/mol. The molecule has 0 spiro atoms. The maximum atomic E-state index is 10.9. The van der Waals surface area contributed by atoms with Crippen molar-refractivity contribution in [3.63, 3.8) is 0 Å². The van der Waals surface area contributed by atoms with Gasteiger partial charge in [0.1, 0.15) is 24.1 Å². The topological polar surface area (TPSA) is 184 Å².